The van der Waals surface area contributed by atoms with Crippen LogP contribution in [0, 0.1) is 5.92 Å². The summed E-state index contributed by atoms with van der Waals surface area (Å²) in [5.74, 6) is 0.699. The van der Waals surface area contributed by atoms with E-state index in [-0.39, 0.29) is 5.91 Å². The van der Waals surface area contributed by atoms with Crippen molar-refractivity contribution < 1.29 is 9.53 Å². The molecule has 1 aliphatic rings. The quantitative estimate of drug-likeness (QED) is 0.611. The van der Waals surface area contributed by atoms with E-state index in [0.29, 0.717) is 17.8 Å². The molecule has 3 rings (SSSR count). The Hall–Kier alpha value is -1.78. The van der Waals surface area contributed by atoms with Crippen LogP contribution in [0.2, 0.25) is 0 Å². The van der Waals surface area contributed by atoms with Gasteiger partial charge in [0.25, 0.3) is 5.91 Å². The van der Waals surface area contributed by atoms with Crippen LogP contribution in [0.4, 0.5) is 0 Å². The summed E-state index contributed by atoms with van der Waals surface area (Å²) in [5, 5.41) is 0.516. The van der Waals surface area contributed by atoms with Gasteiger partial charge in [0, 0.05) is 35.4 Å². The third-order valence-electron chi connectivity index (χ3n) is 4.82. The molecular weight excluding hydrogens is 354 g/mol. The average molecular weight is 384 g/mol. The normalized spacial score (nSPS) is 15.3. The molecule has 1 fully saturated rings. The van der Waals surface area contributed by atoms with Crippen molar-refractivity contribution in [3.63, 3.8) is 0 Å². The molecule has 0 aliphatic carbocycles. The van der Waals surface area contributed by atoms with Crippen LogP contribution < -0.4 is 0 Å². The largest absolute Gasteiger partial charge is 0.376 e. The number of likely N-dealkylation sites (tertiary alicyclic amines) is 1. The van der Waals surface area contributed by atoms with Crippen molar-refractivity contribution in [2.45, 2.75) is 43.4 Å². The van der Waals surface area contributed by atoms with Gasteiger partial charge in [-0.25, -0.2) is 0 Å². The van der Waals surface area contributed by atoms with E-state index in [2.05, 4.69) is 32.0 Å². The predicted octanol–water partition coefficient (Wildman–Crippen LogP) is 5.26. The second kappa shape index (κ2) is 9.95. The Bertz CT molecular complexity index is 724. The summed E-state index contributed by atoms with van der Waals surface area (Å²) in [7, 11) is 0. The lowest BCUT2D eigenvalue weighted by atomic mass is 9.97. The smallest absolute Gasteiger partial charge is 0.253 e. The molecule has 0 radical (unpaired) electrons. The molecule has 144 valence electrons. The number of hydrogen-bond donors (Lipinski definition) is 0. The van der Waals surface area contributed by atoms with Gasteiger partial charge in [-0.3, -0.25) is 4.79 Å². The SMILES string of the molecule is CC(C)Sc1cccc(C(=O)N2CCC(COCc3ccccc3)CC2)c1. The summed E-state index contributed by atoms with van der Waals surface area (Å²) in [5.41, 5.74) is 2.02. The highest BCUT2D eigenvalue weighted by Crippen LogP contribution is 2.25. The van der Waals surface area contributed by atoms with Crippen molar-refractivity contribution >= 4 is 17.7 Å². The Morgan fingerprint density at radius 2 is 1.85 bits per heavy atom. The monoisotopic (exact) mass is 383 g/mol. The molecule has 2 aromatic rings. The number of thioether (sulfide) groups is 1. The Labute approximate surface area is 167 Å². The number of hydrogen-bond acceptors (Lipinski definition) is 3. The Morgan fingerprint density at radius 1 is 1.11 bits per heavy atom. The van der Waals surface area contributed by atoms with Gasteiger partial charge in [-0.2, -0.15) is 0 Å². The summed E-state index contributed by atoms with van der Waals surface area (Å²) in [6.45, 7) is 7.42. The zero-order chi connectivity index (χ0) is 19.1. The van der Waals surface area contributed by atoms with Crippen molar-refractivity contribution in [3.8, 4) is 0 Å². The fourth-order valence-corrected chi connectivity index (χ4v) is 4.27. The maximum Gasteiger partial charge on any atom is 0.253 e. The van der Waals surface area contributed by atoms with E-state index in [4.69, 9.17) is 4.74 Å². The number of carbonyl (C=O) groups excluding carboxylic acids is 1. The summed E-state index contributed by atoms with van der Waals surface area (Å²) in [6, 6.07) is 18.3. The molecule has 0 spiro atoms. The van der Waals surface area contributed by atoms with Crippen molar-refractivity contribution in [2.75, 3.05) is 19.7 Å². The number of rotatable bonds is 7. The number of carbonyl (C=O) groups is 1. The van der Waals surface area contributed by atoms with E-state index in [0.717, 1.165) is 38.1 Å². The van der Waals surface area contributed by atoms with Gasteiger partial charge in [-0.15, -0.1) is 11.8 Å². The number of ether oxygens (including phenoxy) is 1. The maximum atomic E-state index is 12.8. The molecule has 0 N–H and O–H groups in total. The van der Waals surface area contributed by atoms with Gasteiger partial charge < -0.3 is 9.64 Å². The van der Waals surface area contributed by atoms with Crippen LogP contribution in [0.3, 0.4) is 0 Å². The Kier molecular flexibility index (Phi) is 7.36. The van der Waals surface area contributed by atoms with Crippen LogP contribution in [0.25, 0.3) is 0 Å². The third kappa shape index (κ3) is 6.12. The Morgan fingerprint density at radius 3 is 2.56 bits per heavy atom. The summed E-state index contributed by atoms with van der Waals surface area (Å²) in [4.78, 5) is 16.0. The summed E-state index contributed by atoms with van der Waals surface area (Å²) < 4.78 is 5.89. The second-order valence-electron chi connectivity index (χ2n) is 7.43. The third-order valence-corrected chi connectivity index (χ3v) is 5.82. The molecule has 2 aromatic carbocycles. The van der Waals surface area contributed by atoms with E-state index in [1.165, 1.54) is 10.5 Å². The maximum absolute atomic E-state index is 12.8. The molecule has 0 unspecified atom stereocenters. The topological polar surface area (TPSA) is 29.5 Å². The van der Waals surface area contributed by atoms with Crippen LogP contribution in [0.15, 0.2) is 59.5 Å². The first-order chi connectivity index (χ1) is 13.1. The minimum Gasteiger partial charge on any atom is -0.376 e. The van der Waals surface area contributed by atoms with Gasteiger partial charge >= 0.3 is 0 Å². The molecule has 0 bridgehead atoms. The first kappa shape index (κ1) is 20.0. The van der Waals surface area contributed by atoms with Crippen LogP contribution >= 0.6 is 11.8 Å². The Balaban J connectivity index is 1.45. The lowest BCUT2D eigenvalue weighted by Crippen LogP contribution is -2.39. The van der Waals surface area contributed by atoms with E-state index in [9.17, 15) is 4.79 Å². The molecule has 3 nitrogen and oxygen atoms in total. The van der Waals surface area contributed by atoms with Gasteiger partial charge in [-0.1, -0.05) is 50.2 Å². The predicted molar refractivity (Wildman–Crippen MR) is 112 cm³/mol. The molecule has 1 saturated heterocycles. The van der Waals surface area contributed by atoms with Gasteiger partial charge in [0.2, 0.25) is 0 Å². The van der Waals surface area contributed by atoms with Crippen LogP contribution in [-0.4, -0.2) is 35.8 Å². The minimum atomic E-state index is 0.157. The number of benzene rings is 2. The van der Waals surface area contributed by atoms with Gasteiger partial charge in [0.15, 0.2) is 0 Å². The first-order valence-electron chi connectivity index (χ1n) is 9.79. The average Bonchev–Trinajstić information content (AvgIpc) is 2.68. The molecule has 1 aliphatic heterocycles. The van der Waals surface area contributed by atoms with Gasteiger partial charge in [0.05, 0.1) is 6.61 Å². The zero-order valence-corrected chi connectivity index (χ0v) is 17.1. The fourth-order valence-electron chi connectivity index (χ4n) is 3.38. The lowest BCUT2D eigenvalue weighted by molar-refractivity contribution is 0.0478. The van der Waals surface area contributed by atoms with Gasteiger partial charge in [0.1, 0.15) is 0 Å². The summed E-state index contributed by atoms with van der Waals surface area (Å²) in [6.07, 6.45) is 2.03. The van der Waals surface area contributed by atoms with Crippen LogP contribution in [-0.2, 0) is 11.3 Å². The fraction of sp³-hybridized carbons (Fsp3) is 0.435. The molecular formula is C23H29NO2S. The van der Waals surface area contributed by atoms with E-state index in [1.54, 1.807) is 11.8 Å². The zero-order valence-electron chi connectivity index (χ0n) is 16.3. The van der Waals surface area contributed by atoms with E-state index in [1.807, 2.05) is 41.3 Å². The highest BCUT2D eigenvalue weighted by molar-refractivity contribution is 7.99. The van der Waals surface area contributed by atoms with Crippen molar-refractivity contribution in [1.29, 1.82) is 0 Å². The standard InChI is InChI=1S/C23H29NO2S/c1-18(2)27-22-10-6-9-21(15-22)23(25)24-13-11-20(12-14-24)17-26-16-19-7-4-3-5-8-19/h3-10,15,18,20H,11-14,16-17H2,1-2H3. The van der Waals surface area contributed by atoms with Crippen LogP contribution in [0.5, 0.6) is 0 Å². The van der Waals surface area contributed by atoms with Crippen molar-refractivity contribution in [1.82, 2.24) is 4.90 Å². The molecule has 0 saturated carbocycles. The van der Waals surface area contributed by atoms with E-state index < -0.39 is 0 Å². The number of piperidine rings is 1. The van der Waals surface area contributed by atoms with Crippen LogP contribution in [0.1, 0.15) is 42.6 Å². The lowest BCUT2D eigenvalue weighted by Gasteiger charge is -2.32. The van der Waals surface area contributed by atoms with Crippen molar-refractivity contribution in [2.24, 2.45) is 5.92 Å². The molecule has 0 atom stereocenters. The number of nitrogens with zero attached hydrogens (tertiary/aromatic N) is 1. The second-order valence-corrected chi connectivity index (χ2v) is 9.08. The van der Waals surface area contributed by atoms with Crippen molar-refractivity contribution in [3.05, 3.63) is 65.7 Å². The molecule has 1 amide bonds. The van der Waals surface area contributed by atoms with E-state index >= 15 is 0 Å². The molecule has 4 heteroatoms. The number of amides is 1. The highest BCUT2D eigenvalue weighted by Gasteiger charge is 2.24. The minimum absolute atomic E-state index is 0.157. The first-order valence-corrected chi connectivity index (χ1v) is 10.7. The highest BCUT2D eigenvalue weighted by atomic mass is 32.2. The van der Waals surface area contributed by atoms with Gasteiger partial charge in [-0.05, 0) is 42.5 Å². The molecule has 0 aromatic heterocycles. The molecule has 27 heavy (non-hydrogen) atoms. The molecule has 1 heterocycles. The summed E-state index contributed by atoms with van der Waals surface area (Å²) >= 11 is 1.80.